The zero-order valence-electron chi connectivity index (χ0n) is 15.1. The molecule has 0 aromatic heterocycles. The Labute approximate surface area is 155 Å². The van der Waals surface area contributed by atoms with Crippen LogP contribution < -0.4 is 10.2 Å². The summed E-state index contributed by atoms with van der Waals surface area (Å²) in [6, 6.07) is 9.35. The monoisotopic (exact) mass is 384 g/mol. The van der Waals surface area contributed by atoms with Gasteiger partial charge in [0.15, 0.2) is 0 Å². The molecule has 1 heterocycles. The third kappa shape index (κ3) is 7.72. The number of amides is 1. The highest BCUT2D eigenvalue weighted by molar-refractivity contribution is 7.89. The number of unbranched alkanes of at least 4 members (excludes halogenated alkanes) is 1. The van der Waals surface area contributed by atoms with Crippen molar-refractivity contribution in [2.75, 3.05) is 32.1 Å². The van der Waals surface area contributed by atoms with Gasteiger partial charge in [-0.2, -0.15) is 0 Å². The van der Waals surface area contributed by atoms with E-state index in [0.29, 0.717) is 32.5 Å². The SMILES string of the molecule is O=C(CCCCS(=O)(=O)N1CCCCC1)NOCCOc1ccccc1. The van der Waals surface area contributed by atoms with Gasteiger partial charge in [0.1, 0.15) is 19.0 Å². The fraction of sp³-hybridized carbons (Fsp3) is 0.611. The first-order valence-corrected chi connectivity index (χ1v) is 10.8. The summed E-state index contributed by atoms with van der Waals surface area (Å²) < 4.78 is 31.4. The van der Waals surface area contributed by atoms with Gasteiger partial charge in [-0.05, 0) is 37.8 Å². The van der Waals surface area contributed by atoms with Crippen LogP contribution in [0.3, 0.4) is 0 Å². The lowest BCUT2D eigenvalue weighted by atomic mass is 10.2. The molecule has 0 unspecified atom stereocenters. The van der Waals surface area contributed by atoms with E-state index in [0.717, 1.165) is 25.0 Å². The molecule has 1 aliphatic heterocycles. The Balaban J connectivity index is 1.49. The first kappa shape index (κ1) is 20.7. The van der Waals surface area contributed by atoms with Crippen molar-refractivity contribution in [2.45, 2.75) is 38.5 Å². The lowest BCUT2D eigenvalue weighted by Gasteiger charge is -2.25. The molecule has 1 aromatic rings. The Morgan fingerprint density at radius 3 is 2.50 bits per heavy atom. The van der Waals surface area contributed by atoms with E-state index in [-0.39, 0.29) is 24.7 Å². The standard InChI is InChI=1S/C18H28N2O5S/c21-18(19-25-15-14-24-17-9-3-1-4-10-17)11-5-8-16-26(22,23)20-12-6-2-7-13-20/h1,3-4,9-10H,2,5-8,11-16H2,(H,19,21). The van der Waals surface area contributed by atoms with Crippen LogP contribution in [0.25, 0.3) is 0 Å². The maximum Gasteiger partial charge on any atom is 0.243 e. The molecule has 1 saturated heterocycles. The van der Waals surface area contributed by atoms with E-state index in [4.69, 9.17) is 9.57 Å². The maximum atomic E-state index is 12.2. The number of nitrogens with one attached hydrogen (secondary N) is 1. The first-order chi connectivity index (χ1) is 12.6. The molecule has 0 aliphatic carbocycles. The number of hydrogen-bond donors (Lipinski definition) is 1. The lowest BCUT2D eigenvalue weighted by molar-refractivity contribution is -0.134. The second-order valence-corrected chi connectivity index (χ2v) is 8.36. The molecule has 1 N–H and O–H groups in total. The van der Waals surface area contributed by atoms with Crippen molar-refractivity contribution in [3.05, 3.63) is 30.3 Å². The molecule has 0 saturated carbocycles. The van der Waals surface area contributed by atoms with Gasteiger partial charge in [-0.1, -0.05) is 24.6 Å². The van der Waals surface area contributed by atoms with E-state index in [1.165, 1.54) is 0 Å². The Morgan fingerprint density at radius 2 is 1.77 bits per heavy atom. The number of carbonyl (C=O) groups is 1. The van der Waals surface area contributed by atoms with Crippen molar-refractivity contribution in [1.29, 1.82) is 0 Å². The molecule has 1 aliphatic rings. The summed E-state index contributed by atoms with van der Waals surface area (Å²) >= 11 is 0. The van der Waals surface area contributed by atoms with Crippen LogP contribution in [0.4, 0.5) is 0 Å². The minimum atomic E-state index is -3.18. The normalized spacial score (nSPS) is 15.5. The number of hydrogen-bond acceptors (Lipinski definition) is 5. The van der Waals surface area contributed by atoms with Gasteiger partial charge in [-0.15, -0.1) is 0 Å². The van der Waals surface area contributed by atoms with E-state index in [9.17, 15) is 13.2 Å². The summed E-state index contributed by atoms with van der Waals surface area (Å²) in [6.45, 7) is 1.83. The Hall–Kier alpha value is -1.64. The summed E-state index contributed by atoms with van der Waals surface area (Å²) in [5.74, 6) is 0.601. The summed E-state index contributed by atoms with van der Waals surface area (Å²) in [5, 5.41) is 0. The summed E-state index contributed by atoms with van der Waals surface area (Å²) in [5.41, 5.74) is 2.35. The highest BCUT2D eigenvalue weighted by Gasteiger charge is 2.23. The van der Waals surface area contributed by atoms with Crippen LogP contribution in [0.1, 0.15) is 38.5 Å². The molecule has 1 aromatic carbocycles. The number of ether oxygens (including phenoxy) is 1. The molecule has 0 spiro atoms. The van der Waals surface area contributed by atoms with Gasteiger partial charge in [0.25, 0.3) is 0 Å². The quantitative estimate of drug-likeness (QED) is 0.466. The van der Waals surface area contributed by atoms with Gasteiger partial charge in [-0.3, -0.25) is 9.63 Å². The summed E-state index contributed by atoms with van der Waals surface area (Å²) in [4.78, 5) is 16.7. The second kappa shape index (κ2) is 11.2. The van der Waals surface area contributed by atoms with Gasteiger partial charge in [0.05, 0.1) is 5.75 Å². The number of hydroxylamine groups is 1. The summed E-state index contributed by atoms with van der Waals surface area (Å²) in [7, 11) is -3.18. The van der Waals surface area contributed by atoms with Crippen LogP contribution in [-0.4, -0.2) is 50.7 Å². The smallest absolute Gasteiger partial charge is 0.243 e. The van der Waals surface area contributed by atoms with Crippen LogP contribution in [-0.2, 0) is 19.7 Å². The molecule has 2 rings (SSSR count). The molecule has 7 nitrogen and oxygen atoms in total. The molecule has 146 valence electrons. The van der Waals surface area contributed by atoms with Crippen LogP contribution in [0, 0.1) is 0 Å². The maximum absolute atomic E-state index is 12.2. The van der Waals surface area contributed by atoms with Gasteiger partial charge < -0.3 is 4.74 Å². The van der Waals surface area contributed by atoms with Crippen molar-refractivity contribution in [1.82, 2.24) is 9.79 Å². The fourth-order valence-electron chi connectivity index (χ4n) is 2.74. The zero-order chi connectivity index (χ0) is 18.7. The number of benzene rings is 1. The average molecular weight is 384 g/mol. The topological polar surface area (TPSA) is 84.9 Å². The van der Waals surface area contributed by atoms with Crippen molar-refractivity contribution >= 4 is 15.9 Å². The van der Waals surface area contributed by atoms with E-state index < -0.39 is 10.0 Å². The molecule has 0 bridgehead atoms. The lowest BCUT2D eigenvalue weighted by Crippen LogP contribution is -2.37. The summed E-state index contributed by atoms with van der Waals surface area (Å²) in [6.07, 6.45) is 4.21. The van der Waals surface area contributed by atoms with Crippen molar-refractivity contribution in [3.63, 3.8) is 0 Å². The van der Waals surface area contributed by atoms with E-state index in [1.54, 1.807) is 4.31 Å². The second-order valence-electron chi connectivity index (χ2n) is 6.27. The van der Waals surface area contributed by atoms with Crippen LogP contribution >= 0.6 is 0 Å². The Kier molecular flexibility index (Phi) is 8.87. The van der Waals surface area contributed by atoms with Gasteiger partial charge in [0.2, 0.25) is 15.9 Å². The van der Waals surface area contributed by atoms with Crippen LogP contribution in [0.2, 0.25) is 0 Å². The number of piperidine rings is 1. The van der Waals surface area contributed by atoms with Crippen molar-refractivity contribution in [3.8, 4) is 5.75 Å². The van der Waals surface area contributed by atoms with E-state index in [2.05, 4.69) is 5.48 Å². The molecule has 0 atom stereocenters. The predicted octanol–water partition coefficient (Wildman–Crippen LogP) is 2.10. The van der Waals surface area contributed by atoms with Crippen LogP contribution in [0.15, 0.2) is 30.3 Å². The molecule has 26 heavy (non-hydrogen) atoms. The number of carbonyl (C=O) groups excluding carboxylic acids is 1. The predicted molar refractivity (Wildman–Crippen MR) is 99.1 cm³/mol. The van der Waals surface area contributed by atoms with Crippen LogP contribution in [0.5, 0.6) is 5.75 Å². The van der Waals surface area contributed by atoms with Gasteiger partial charge in [-0.25, -0.2) is 18.2 Å². The van der Waals surface area contributed by atoms with E-state index in [1.807, 2.05) is 30.3 Å². The minimum Gasteiger partial charge on any atom is -0.491 e. The minimum absolute atomic E-state index is 0.103. The van der Waals surface area contributed by atoms with Gasteiger partial charge >= 0.3 is 0 Å². The number of nitrogens with zero attached hydrogens (tertiary/aromatic N) is 1. The third-order valence-corrected chi connectivity index (χ3v) is 6.10. The fourth-order valence-corrected chi connectivity index (χ4v) is 4.38. The number of sulfonamides is 1. The Bertz CT molecular complexity index is 630. The molecule has 8 heteroatoms. The molecule has 1 amide bonds. The molecular weight excluding hydrogens is 356 g/mol. The zero-order valence-corrected chi connectivity index (χ0v) is 15.9. The number of rotatable bonds is 11. The highest BCUT2D eigenvalue weighted by atomic mass is 32.2. The average Bonchev–Trinajstić information content (AvgIpc) is 2.66. The van der Waals surface area contributed by atoms with Crippen molar-refractivity contribution in [2.24, 2.45) is 0 Å². The Morgan fingerprint density at radius 1 is 1.04 bits per heavy atom. The van der Waals surface area contributed by atoms with E-state index >= 15 is 0 Å². The van der Waals surface area contributed by atoms with Gasteiger partial charge in [0, 0.05) is 19.5 Å². The number of para-hydroxylation sites is 1. The highest BCUT2D eigenvalue weighted by Crippen LogP contribution is 2.14. The molecular formula is C18H28N2O5S. The molecule has 0 radical (unpaired) electrons. The molecule has 1 fully saturated rings. The first-order valence-electron chi connectivity index (χ1n) is 9.14. The third-order valence-electron chi connectivity index (χ3n) is 4.15. The van der Waals surface area contributed by atoms with Crippen molar-refractivity contribution < 1.29 is 22.8 Å². The largest absolute Gasteiger partial charge is 0.491 e.